The lowest BCUT2D eigenvalue weighted by Gasteiger charge is -2.42. The molecule has 1 saturated heterocycles. The van der Waals surface area contributed by atoms with Gasteiger partial charge in [-0.15, -0.1) is 0 Å². The van der Waals surface area contributed by atoms with E-state index >= 15 is 0 Å². The first kappa shape index (κ1) is 14.2. The first-order chi connectivity index (χ1) is 10.3. The standard InChI is InChI=1S/C18H23N3/c1-19-18(17-8-5-11-20-14-17)9-12-21(13-10-18)15-16-6-3-2-4-7-16/h2-8,11,14,19H,9-10,12-13,15H2,1H3. The van der Waals surface area contributed by atoms with Gasteiger partial charge in [0.05, 0.1) is 0 Å². The summed E-state index contributed by atoms with van der Waals surface area (Å²) in [7, 11) is 2.07. The van der Waals surface area contributed by atoms with E-state index in [0.29, 0.717) is 0 Å². The molecule has 2 aromatic rings. The maximum Gasteiger partial charge on any atom is 0.0472 e. The van der Waals surface area contributed by atoms with Gasteiger partial charge in [-0.05, 0) is 37.1 Å². The van der Waals surface area contributed by atoms with Crippen molar-refractivity contribution in [3.05, 3.63) is 66.0 Å². The zero-order chi connectivity index (χ0) is 14.5. The normalized spacial score (nSPS) is 18.5. The molecule has 0 saturated carbocycles. The Bertz CT molecular complexity index is 545. The maximum absolute atomic E-state index is 4.29. The van der Waals surface area contributed by atoms with E-state index in [1.165, 1.54) is 11.1 Å². The van der Waals surface area contributed by atoms with Crippen molar-refractivity contribution in [2.45, 2.75) is 24.9 Å². The van der Waals surface area contributed by atoms with E-state index in [-0.39, 0.29) is 5.54 Å². The second-order valence-electron chi connectivity index (χ2n) is 5.84. The van der Waals surface area contributed by atoms with E-state index in [1.54, 1.807) is 0 Å². The zero-order valence-electron chi connectivity index (χ0n) is 12.6. The van der Waals surface area contributed by atoms with Crippen LogP contribution >= 0.6 is 0 Å². The highest BCUT2D eigenvalue weighted by Gasteiger charge is 2.34. The molecule has 0 amide bonds. The second-order valence-corrected chi connectivity index (χ2v) is 5.84. The molecule has 3 heteroatoms. The molecule has 3 rings (SSSR count). The van der Waals surface area contributed by atoms with Crippen LogP contribution in [0.2, 0.25) is 0 Å². The molecule has 1 aliphatic rings. The molecule has 1 aromatic heterocycles. The van der Waals surface area contributed by atoms with Gasteiger partial charge >= 0.3 is 0 Å². The van der Waals surface area contributed by atoms with E-state index in [1.807, 2.05) is 18.5 Å². The summed E-state index contributed by atoms with van der Waals surface area (Å²) in [6.07, 6.45) is 6.10. The molecule has 0 radical (unpaired) electrons. The van der Waals surface area contributed by atoms with Gasteiger partial charge in [-0.2, -0.15) is 0 Å². The number of hydrogen-bond acceptors (Lipinski definition) is 3. The number of benzene rings is 1. The molecular weight excluding hydrogens is 258 g/mol. The summed E-state index contributed by atoms with van der Waals surface area (Å²) in [6.45, 7) is 3.28. The summed E-state index contributed by atoms with van der Waals surface area (Å²) in [5.41, 5.74) is 2.80. The lowest BCUT2D eigenvalue weighted by Crippen LogP contribution is -2.49. The Kier molecular flexibility index (Phi) is 4.32. The maximum atomic E-state index is 4.29. The van der Waals surface area contributed by atoms with Gasteiger partial charge in [0.25, 0.3) is 0 Å². The average molecular weight is 281 g/mol. The number of likely N-dealkylation sites (tertiary alicyclic amines) is 1. The van der Waals surface area contributed by atoms with Crippen molar-refractivity contribution < 1.29 is 0 Å². The van der Waals surface area contributed by atoms with Gasteiger partial charge in [-0.3, -0.25) is 9.88 Å². The lowest BCUT2D eigenvalue weighted by molar-refractivity contribution is 0.134. The van der Waals surface area contributed by atoms with Gasteiger partial charge in [-0.25, -0.2) is 0 Å². The van der Waals surface area contributed by atoms with Crippen molar-refractivity contribution in [3.8, 4) is 0 Å². The highest BCUT2D eigenvalue weighted by Crippen LogP contribution is 2.32. The third-order valence-corrected chi connectivity index (χ3v) is 4.65. The fourth-order valence-corrected chi connectivity index (χ4v) is 3.26. The molecule has 1 aliphatic heterocycles. The van der Waals surface area contributed by atoms with Gasteiger partial charge in [0.1, 0.15) is 0 Å². The summed E-state index contributed by atoms with van der Waals surface area (Å²) in [6, 6.07) is 15.0. The van der Waals surface area contributed by atoms with E-state index in [9.17, 15) is 0 Å². The summed E-state index contributed by atoms with van der Waals surface area (Å²) in [4.78, 5) is 6.83. The Morgan fingerprint density at radius 2 is 1.86 bits per heavy atom. The predicted octanol–water partition coefficient (Wildman–Crippen LogP) is 2.79. The zero-order valence-corrected chi connectivity index (χ0v) is 12.6. The van der Waals surface area contributed by atoms with Crippen LogP contribution in [0.4, 0.5) is 0 Å². The van der Waals surface area contributed by atoms with Crippen molar-refractivity contribution in [3.63, 3.8) is 0 Å². The fraction of sp³-hybridized carbons (Fsp3) is 0.389. The highest BCUT2D eigenvalue weighted by atomic mass is 15.1. The first-order valence-electron chi connectivity index (χ1n) is 7.68. The Morgan fingerprint density at radius 3 is 2.48 bits per heavy atom. The third-order valence-electron chi connectivity index (χ3n) is 4.65. The average Bonchev–Trinajstić information content (AvgIpc) is 2.58. The van der Waals surface area contributed by atoms with Crippen molar-refractivity contribution in [2.75, 3.05) is 20.1 Å². The quantitative estimate of drug-likeness (QED) is 0.934. The van der Waals surface area contributed by atoms with Gasteiger partial charge in [0, 0.05) is 37.6 Å². The minimum absolute atomic E-state index is 0.0848. The molecule has 21 heavy (non-hydrogen) atoms. The van der Waals surface area contributed by atoms with Crippen LogP contribution < -0.4 is 5.32 Å². The van der Waals surface area contributed by atoms with Crippen molar-refractivity contribution in [1.82, 2.24) is 15.2 Å². The predicted molar refractivity (Wildman–Crippen MR) is 85.9 cm³/mol. The van der Waals surface area contributed by atoms with Crippen LogP contribution in [0.1, 0.15) is 24.0 Å². The Hall–Kier alpha value is -1.71. The largest absolute Gasteiger partial charge is 0.310 e. The van der Waals surface area contributed by atoms with Crippen molar-refractivity contribution in [1.29, 1.82) is 0 Å². The molecule has 1 aromatic carbocycles. The summed E-state index contributed by atoms with van der Waals surface area (Å²) >= 11 is 0. The molecule has 110 valence electrons. The fourth-order valence-electron chi connectivity index (χ4n) is 3.26. The van der Waals surface area contributed by atoms with Crippen molar-refractivity contribution in [2.24, 2.45) is 0 Å². The Morgan fingerprint density at radius 1 is 1.10 bits per heavy atom. The topological polar surface area (TPSA) is 28.2 Å². The lowest BCUT2D eigenvalue weighted by atomic mass is 9.81. The SMILES string of the molecule is CNC1(c2cccnc2)CCN(Cc2ccccc2)CC1. The molecule has 0 aliphatic carbocycles. The number of piperidine rings is 1. The van der Waals surface area contributed by atoms with Crippen LogP contribution in [-0.4, -0.2) is 30.0 Å². The molecular formula is C18H23N3. The Labute approximate surface area is 127 Å². The molecule has 1 fully saturated rings. The number of nitrogens with zero attached hydrogens (tertiary/aromatic N) is 2. The van der Waals surface area contributed by atoms with Gasteiger partial charge < -0.3 is 5.32 Å². The minimum Gasteiger partial charge on any atom is -0.310 e. The van der Waals surface area contributed by atoms with E-state index in [2.05, 4.69) is 58.6 Å². The molecule has 1 N–H and O–H groups in total. The molecule has 0 spiro atoms. The summed E-state index contributed by atoms with van der Waals surface area (Å²) < 4.78 is 0. The van der Waals surface area contributed by atoms with Crippen LogP contribution in [0.15, 0.2) is 54.9 Å². The molecule has 0 atom stereocenters. The highest BCUT2D eigenvalue weighted by molar-refractivity contribution is 5.22. The smallest absolute Gasteiger partial charge is 0.0472 e. The molecule has 0 unspecified atom stereocenters. The number of hydrogen-bond donors (Lipinski definition) is 1. The molecule has 0 bridgehead atoms. The Balaban J connectivity index is 1.66. The second kappa shape index (κ2) is 6.37. The number of nitrogens with one attached hydrogen (secondary N) is 1. The van der Waals surface area contributed by atoms with E-state index < -0.39 is 0 Å². The van der Waals surface area contributed by atoms with E-state index in [0.717, 1.165) is 32.5 Å². The summed E-state index contributed by atoms with van der Waals surface area (Å²) in [5, 5.41) is 3.55. The molecule has 2 heterocycles. The van der Waals surface area contributed by atoms with E-state index in [4.69, 9.17) is 0 Å². The van der Waals surface area contributed by atoms with Gasteiger partial charge in [0.2, 0.25) is 0 Å². The van der Waals surface area contributed by atoms with Crippen LogP contribution in [0.25, 0.3) is 0 Å². The number of pyridine rings is 1. The third kappa shape index (κ3) is 3.14. The first-order valence-corrected chi connectivity index (χ1v) is 7.68. The summed E-state index contributed by atoms with van der Waals surface area (Å²) in [5.74, 6) is 0. The number of rotatable bonds is 4. The van der Waals surface area contributed by atoms with Crippen LogP contribution in [0.5, 0.6) is 0 Å². The number of aromatic nitrogens is 1. The van der Waals surface area contributed by atoms with Crippen LogP contribution in [0, 0.1) is 0 Å². The van der Waals surface area contributed by atoms with Crippen LogP contribution in [0.3, 0.4) is 0 Å². The monoisotopic (exact) mass is 281 g/mol. The van der Waals surface area contributed by atoms with Crippen molar-refractivity contribution >= 4 is 0 Å². The van der Waals surface area contributed by atoms with Gasteiger partial charge in [0.15, 0.2) is 0 Å². The minimum atomic E-state index is 0.0848. The molecule has 3 nitrogen and oxygen atoms in total. The van der Waals surface area contributed by atoms with Gasteiger partial charge in [-0.1, -0.05) is 36.4 Å². The van der Waals surface area contributed by atoms with Crippen LogP contribution in [-0.2, 0) is 12.1 Å².